The Morgan fingerprint density at radius 2 is 2.28 bits per heavy atom. The average Bonchev–Trinajstić information content (AvgIpc) is 2.65. The largest absolute Gasteiger partial charge is 0.465 e. The fraction of sp³-hybridized carbons (Fsp3) is 0.667. The van der Waals surface area contributed by atoms with Crippen LogP contribution in [0.4, 0.5) is 11.6 Å². The third kappa shape index (κ3) is 2.14. The Bertz CT molecular complexity index is 455. The fourth-order valence-electron chi connectivity index (χ4n) is 2.42. The second kappa shape index (κ2) is 4.88. The van der Waals surface area contributed by atoms with Gasteiger partial charge in [0.15, 0.2) is 5.82 Å². The number of hydrogen-bond acceptors (Lipinski definition) is 5. The van der Waals surface area contributed by atoms with Gasteiger partial charge in [0, 0.05) is 20.1 Å². The summed E-state index contributed by atoms with van der Waals surface area (Å²) in [5.41, 5.74) is 6.28. The van der Waals surface area contributed by atoms with E-state index < -0.39 is 5.97 Å². The topological polar surface area (TPSA) is 73.4 Å². The molecule has 100 valence electrons. The standard InChI is InChI=1S/C12H20N4O2/c1-8-5-4-6-16(7-8)11-9(12(17)18-3)10(13)15(2)14-11/h8H,4-7,13H2,1-3H3. The number of nitrogens with two attached hydrogens (primary N) is 1. The molecule has 0 aliphatic carbocycles. The number of ether oxygens (including phenoxy) is 1. The predicted octanol–water partition coefficient (Wildman–Crippen LogP) is 1.03. The van der Waals surface area contributed by atoms with Crippen molar-refractivity contribution in [2.75, 3.05) is 30.8 Å². The van der Waals surface area contributed by atoms with E-state index >= 15 is 0 Å². The zero-order valence-electron chi connectivity index (χ0n) is 11.1. The van der Waals surface area contributed by atoms with Crippen LogP contribution in [0.25, 0.3) is 0 Å². The molecule has 1 unspecified atom stereocenters. The van der Waals surface area contributed by atoms with Crippen LogP contribution >= 0.6 is 0 Å². The summed E-state index contributed by atoms with van der Waals surface area (Å²) >= 11 is 0. The SMILES string of the molecule is COC(=O)c1c(N2CCCC(C)C2)nn(C)c1N. The van der Waals surface area contributed by atoms with Crippen molar-refractivity contribution >= 4 is 17.6 Å². The number of aromatic nitrogens is 2. The van der Waals surface area contributed by atoms with Crippen molar-refractivity contribution in [1.82, 2.24) is 9.78 Å². The lowest BCUT2D eigenvalue weighted by molar-refractivity contribution is 0.0602. The Hall–Kier alpha value is -1.72. The first-order valence-electron chi connectivity index (χ1n) is 6.20. The van der Waals surface area contributed by atoms with Crippen LogP contribution in [-0.2, 0) is 11.8 Å². The van der Waals surface area contributed by atoms with Gasteiger partial charge in [0.2, 0.25) is 0 Å². The molecule has 2 N–H and O–H groups in total. The van der Waals surface area contributed by atoms with Crippen LogP contribution in [0.1, 0.15) is 30.1 Å². The maximum Gasteiger partial charge on any atom is 0.345 e. The Labute approximate surface area is 107 Å². The number of anilines is 2. The lowest BCUT2D eigenvalue weighted by atomic mass is 10.00. The molecule has 0 saturated carbocycles. The van der Waals surface area contributed by atoms with Crippen LogP contribution in [0.2, 0.25) is 0 Å². The second-order valence-electron chi connectivity index (χ2n) is 4.89. The molecule has 1 atom stereocenters. The third-order valence-corrected chi connectivity index (χ3v) is 3.42. The van der Waals surface area contributed by atoms with E-state index in [1.807, 2.05) is 0 Å². The monoisotopic (exact) mass is 252 g/mol. The molecule has 6 heteroatoms. The van der Waals surface area contributed by atoms with Crippen LogP contribution in [0.15, 0.2) is 0 Å². The first-order chi connectivity index (χ1) is 8.54. The minimum atomic E-state index is -0.422. The van der Waals surface area contributed by atoms with Crippen molar-refractivity contribution in [3.05, 3.63) is 5.56 Å². The highest BCUT2D eigenvalue weighted by molar-refractivity contribution is 5.99. The number of carbonyl (C=O) groups excluding carboxylic acids is 1. The number of piperidine rings is 1. The number of esters is 1. The lowest BCUT2D eigenvalue weighted by Crippen LogP contribution is -2.35. The molecule has 1 fully saturated rings. The number of nitrogen functional groups attached to an aromatic ring is 1. The number of methoxy groups -OCH3 is 1. The molecule has 18 heavy (non-hydrogen) atoms. The number of aryl methyl sites for hydroxylation is 1. The van der Waals surface area contributed by atoms with Crippen LogP contribution in [0, 0.1) is 5.92 Å². The van der Waals surface area contributed by atoms with Gasteiger partial charge in [-0.3, -0.25) is 4.68 Å². The summed E-state index contributed by atoms with van der Waals surface area (Å²) in [6.45, 7) is 4.02. The molecule has 0 amide bonds. The predicted molar refractivity (Wildman–Crippen MR) is 69.6 cm³/mol. The van der Waals surface area contributed by atoms with Crippen LogP contribution in [0.5, 0.6) is 0 Å². The number of hydrogen-bond donors (Lipinski definition) is 1. The molecular weight excluding hydrogens is 232 g/mol. The smallest absolute Gasteiger partial charge is 0.345 e. The van der Waals surface area contributed by atoms with E-state index in [4.69, 9.17) is 10.5 Å². The first-order valence-corrected chi connectivity index (χ1v) is 6.20. The Morgan fingerprint density at radius 3 is 2.89 bits per heavy atom. The van der Waals surface area contributed by atoms with Crippen molar-refractivity contribution in [2.24, 2.45) is 13.0 Å². The maximum absolute atomic E-state index is 11.8. The molecule has 0 radical (unpaired) electrons. The molecule has 1 saturated heterocycles. The number of carbonyl (C=O) groups is 1. The van der Waals surface area contributed by atoms with Gasteiger partial charge < -0.3 is 15.4 Å². The van der Waals surface area contributed by atoms with E-state index in [1.54, 1.807) is 7.05 Å². The van der Waals surface area contributed by atoms with E-state index in [0.717, 1.165) is 19.5 Å². The highest BCUT2D eigenvalue weighted by atomic mass is 16.5. The molecule has 1 aromatic rings. The average molecular weight is 252 g/mol. The molecule has 2 heterocycles. The quantitative estimate of drug-likeness (QED) is 0.796. The maximum atomic E-state index is 11.8. The molecule has 2 rings (SSSR count). The van der Waals surface area contributed by atoms with Crippen molar-refractivity contribution in [3.8, 4) is 0 Å². The van der Waals surface area contributed by atoms with Gasteiger partial charge in [-0.1, -0.05) is 6.92 Å². The van der Waals surface area contributed by atoms with Gasteiger partial charge in [-0.2, -0.15) is 5.10 Å². The molecule has 0 spiro atoms. The number of nitrogens with zero attached hydrogens (tertiary/aromatic N) is 3. The molecule has 6 nitrogen and oxygen atoms in total. The zero-order chi connectivity index (χ0) is 13.3. The van der Waals surface area contributed by atoms with E-state index in [0.29, 0.717) is 23.1 Å². The summed E-state index contributed by atoms with van der Waals surface area (Å²) in [4.78, 5) is 13.9. The Kier molecular flexibility index (Phi) is 3.45. The minimum absolute atomic E-state index is 0.357. The van der Waals surface area contributed by atoms with Gasteiger partial charge in [0.25, 0.3) is 0 Å². The van der Waals surface area contributed by atoms with Gasteiger partial charge >= 0.3 is 5.97 Å². The summed E-state index contributed by atoms with van der Waals surface area (Å²) in [5.74, 6) is 1.18. The molecule has 1 aliphatic heterocycles. The van der Waals surface area contributed by atoms with E-state index in [9.17, 15) is 4.79 Å². The summed E-state index contributed by atoms with van der Waals surface area (Å²) in [6.07, 6.45) is 2.32. The van der Waals surface area contributed by atoms with Crippen LogP contribution in [0.3, 0.4) is 0 Å². The third-order valence-electron chi connectivity index (χ3n) is 3.42. The summed E-state index contributed by atoms with van der Waals surface area (Å²) in [5, 5.41) is 4.35. The Morgan fingerprint density at radius 1 is 1.56 bits per heavy atom. The van der Waals surface area contributed by atoms with Crippen molar-refractivity contribution in [1.29, 1.82) is 0 Å². The normalized spacial score (nSPS) is 19.9. The van der Waals surface area contributed by atoms with Gasteiger partial charge in [0.1, 0.15) is 11.4 Å². The van der Waals surface area contributed by atoms with E-state index in [1.165, 1.54) is 18.2 Å². The van der Waals surface area contributed by atoms with Crippen molar-refractivity contribution in [3.63, 3.8) is 0 Å². The second-order valence-corrected chi connectivity index (χ2v) is 4.89. The van der Waals surface area contributed by atoms with Gasteiger partial charge in [-0.25, -0.2) is 4.79 Å². The van der Waals surface area contributed by atoms with Crippen LogP contribution in [-0.4, -0.2) is 35.9 Å². The molecule has 0 bridgehead atoms. The summed E-state index contributed by atoms with van der Waals surface area (Å²) in [7, 11) is 3.09. The first kappa shape index (κ1) is 12.7. The Balaban J connectivity index is 2.37. The van der Waals surface area contributed by atoms with E-state index in [2.05, 4.69) is 16.9 Å². The highest BCUT2D eigenvalue weighted by Gasteiger charge is 2.28. The molecule has 0 aromatic carbocycles. The molecular formula is C12H20N4O2. The van der Waals surface area contributed by atoms with Crippen molar-refractivity contribution < 1.29 is 9.53 Å². The van der Waals surface area contributed by atoms with Crippen LogP contribution < -0.4 is 10.6 Å². The zero-order valence-corrected chi connectivity index (χ0v) is 11.1. The van der Waals surface area contributed by atoms with Gasteiger partial charge in [0.05, 0.1) is 7.11 Å². The minimum Gasteiger partial charge on any atom is -0.465 e. The number of rotatable bonds is 2. The van der Waals surface area contributed by atoms with E-state index in [-0.39, 0.29) is 0 Å². The summed E-state index contributed by atoms with van der Waals surface area (Å²) < 4.78 is 6.32. The lowest BCUT2D eigenvalue weighted by Gasteiger charge is -2.31. The highest BCUT2D eigenvalue weighted by Crippen LogP contribution is 2.29. The summed E-state index contributed by atoms with van der Waals surface area (Å²) in [6, 6.07) is 0. The van der Waals surface area contributed by atoms with Gasteiger partial charge in [-0.05, 0) is 18.8 Å². The van der Waals surface area contributed by atoms with Gasteiger partial charge in [-0.15, -0.1) is 0 Å². The fourth-order valence-corrected chi connectivity index (χ4v) is 2.42. The molecule has 1 aromatic heterocycles. The molecule has 1 aliphatic rings. The van der Waals surface area contributed by atoms with Crippen molar-refractivity contribution in [2.45, 2.75) is 19.8 Å².